The van der Waals surface area contributed by atoms with Crippen molar-refractivity contribution in [3.8, 4) is 27.1 Å². The second-order valence-corrected chi connectivity index (χ2v) is 7.57. The second kappa shape index (κ2) is 8.75. The van der Waals surface area contributed by atoms with Crippen molar-refractivity contribution in [2.75, 3.05) is 0 Å². The molecule has 6 nitrogen and oxygen atoms in total. The Morgan fingerprint density at radius 3 is 2.29 bits per heavy atom. The van der Waals surface area contributed by atoms with Gasteiger partial charge in [-0.25, -0.2) is 9.78 Å². The molecule has 0 radical (unpaired) electrons. The van der Waals surface area contributed by atoms with Crippen LogP contribution >= 0.6 is 11.3 Å². The van der Waals surface area contributed by atoms with E-state index in [1.807, 2.05) is 69.3 Å². The van der Waals surface area contributed by atoms with E-state index in [0.29, 0.717) is 10.8 Å². The average Bonchev–Trinajstić information content (AvgIpc) is 3.10. The normalized spacial score (nSPS) is 11.9. The molecule has 1 atom stereocenters. The van der Waals surface area contributed by atoms with E-state index in [9.17, 15) is 4.79 Å². The van der Waals surface area contributed by atoms with Gasteiger partial charge < -0.3 is 20.5 Å². The molecular weight excluding hydrogens is 374 g/mol. The zero-order chi connectivity index (χ0) is 20.1. The minimum absolute atomic E-state index is 0.145. The third-order valence-corrected chi connectivity index (χ3v) is 4.84. The molecule has 0 aliphatic carbocycles. The van der Waals surface area contributed by atoms with Gasteiger partial charge >= 0.3 is 6.03 Å². The number of nitrogens with zero attached hydrogens (tertiary/aromatic N) is 1. The Balaban J connectivity index is 1.65. The molecule has 28 heavy (non-hydrogen) atoms. The van der Waals surface area contributed by atoms with Crippen molar-refractivity contribution in [1.29, 1.82) is 0 Å². The number of ether oxygens (including phenoxy) is 2. The van der Waals surface area contributed by atoms with Gasteiger partial charge in [-0.3, -0.25) is 0 Å². The lowest BCUT2D eigenvalue weighted by Gasteiger charge is -2.12. The Morgan fingerprint density at radius 2 is 1.68 bits per heavy atom. The van der Waals surface area contributed by atoms with Crippen molar-refractivity contribution in [3.63, 3.8) is 0 Å². The summed E-state index contributed by atoms with van der Waals surface area (Å²) in [7, 11) is 0. The number of primary amides is 1. The highest BCUT2D eigenvalue weighted by atomic mass is 32.1. The summed E-state index contributed by atoms with van der Waals surface area (Å²) < 4.78 is 11.6. The van der Waals surface area contributed by atoms with E-state index >= 15 is 0 Å². The molecule has 0 saturated carbocycles. The summed E-state index contributed by atoms with van der Waals surface area (Å²) in [6, 6.07) is 14.6. The Kier molecular flexibility index (Phi) is 6.16. The van der Waals surface area contributed by atoms with Crippen LogP contribution in [-0.2, 0) is 0 Å². The van der Waals surface area contributed by atoms with Crippen molar-refractivity contribution in [2.24, 2.45) is 5.73 Å². The fourth-order valence-corrected chi connectivity index (χ4v) is 3.42. The van der Waals surface area contributed by atoms with Gasteiger partial charge in [0.25, 0.3) is 0 Å². The topological polar surface area (TPSA) is 86.5 Å². The van der Waals surface area contributed by atoms with Crippen LogP contribution in [0.15, 0.2) is 54.7 Å². The summed E-state index contributed by atoms with van der Waals surface area (Å²) in [5.41, 5.74) is 7.11. The minimum Gasteiger partial charge on any atom is -0.491 e. The quantitative estimate of drug-likeness (QED) is 0.579. The molecule has 3 N–H and O–H groups in total. The number of nitrogens with one attached hydrogen (secondary N) is 1. The summed E-state index contributed by atoms with van der Waals surface area (Å²) in [5.74, 6) is 1.54. The molecule has 0 spiro atoms. The van der Waals surface area contributed by atoms with Gasteiger partial charge in [-0.1, -0.05) is 23.5 Å². The molecule has 0 fully saturated rings. The van der Waals surface area contributed by atoms with Gasteiger partial charge in [0.1, 0.15) is 16.5 Å². The summed E-state index contributed by atoms with van der Waals surface area (Å²) in [5, 5.41) is 4.22. The maximum absolute atomic E-state index is 10.9. The summed E-state index contributed by atoms with van der Waals surface area (Å²) in [4.78, 5) is 15.4. The van der Waals surface area contributed by atoms with Crippen LogP contribution in [0.25, 0.3) is 10.6 Å². The van der Waals surface area contributed by atoms with Crippen LogP contribution in [0.2, 0.25) is 0 Å². The van der Waals surface area contributed by atoms with Crippen LogP contribution in [-0.4, -0.2) is 17.1 Å². The van der Waals surface area contributed by atoms with Gasteiger partial charge in [0.2, 0.25) is 5.06 Å². The molecule has 1 unspecified atom stereocenters. The fourth-order valence-electron chi connectivity index (χ4n) is 2.63. The molecule has 1 heterocycles. The minimum atomic E-state index is -0.547. The predicted octanol–water partition coefficient (Wildman–Crippen LogP) is 5.12. The molecule has 2 amide bonds. The smallest absolute Gasteiger partial charge is 0.312 e. The predicted molar refractivity (Wildman–Crippen MR) is 111 cm³/mol. The number of hydrogen-bond acceptors (Lipinski definition) is 5. The first-order valence-electron chi connectivity index (χ1n) is 8.97. The number of aromatic nitrogens is 1. The van der Waals surface area contributed by atoms with Crippen LogP contribution in [0.5, 0.6) is 16.6 Å². The Labute approximate surface area is 168 Å². The molecule has 1 aromatic heterocycles. The highest BCUT2D eigenvalue weighted by Gasteiger charge is 2.09. The van der Waals surface area contributed by atoms with Crippen molar-refractivity contribution < 1.29 is 14.3 Å². The molecule has 146 valence electrons. The van der Waals surface area contributed by atoms with Crippen molar-refractivity contribution >= 4 is 17.4 Å². The zero-order valence-electron chi connectivity index (χ0n) is 16.0. The van der Waals surface area contributed by atoms with Gasteiger partial charge in [0.15, 0.2) is 0 Å². The number of urea groups is 1. The van der Waals surface area contributed by atoms with Crippen LogP contribution in [0, 0.1) is 0 Å². The van der Waals surface area contributed by atoms with Gasteiger partial charge in [0, 0.05) is 5.56 Å². The van der Waals surface area contributed by atoms with E-state index in [4.69, 9.17) is 15.2 Å². The fraction of sp³-hybridized carbons (Fsp3) is 0.238. The lowest BCUT2D eigenvalue weighted by molar-refractivity contribution is 0.242. The Hall–Kier alpha value is -3.06. The highest BCUT2D eigenvalue weighted by Crippen LogP contribution is 2.34. The van der Waals surface area contributed by atoms with Crippen molar-refractivity contribution in [1.82, 2.24) is 10.3 Å². The number of thiazole rings is 1. The first kappa shape index (κ1) is 19.7. The average molecular weight is 398 g/mol. The molecule has 3 aromatic rings. The monoisotopic (exact) mass is 397 g/mol. The molecule has 0 aliphatic heterocycles. The molecule has 7 heteroatoms. The maximum Gasteiger partial charge on any atom is 0.312 e. The number of amides is 2. The standard InChI is InChI=1S/C21H23N3O3S/c1-13(2)26-17-10-6-16(7-11-17)20-23-12-19(28-20)27-18-8-4-15(5-9-18)14(3)24-21(22)25/h4-14H,1-3H3,(H3,22,24,25). The lowest BCUT2D eigenvalue weighted by atomic mass is 10.1. The van der Waals surface area contributed by atoms with E-state index in [1.54, 1.807) is 6.20 Å². The van der Waals surface area contributed by atoms with Crippen LogP contribution in [0.1, 0.15) is 32.4 Å². The number of rotatable bonds is 7. The van der Waals surface area contributed by atoms with Crippen LogP contribution in [0.4, 0.5) is 4.79 Å². The van der Waals surface area contributed by atoms with Crippen molar-refractivity contribution in [2.45, 2.75) is 32.9 Å². The first-order valence-corrected chi connectivity index (χ1v) is 9.79. The van der Waals surface area contributed by atoms with E-state index in [-0.39, 0.29) is 12.1 Å². The summed E-state index contributed by atoms with van der Waals surface area (Å²) >= 11 is 1.47. The Bertz CT molecular complexity index is 921. The second-order valence-electron chi connectivity index (χ2n) is 6.58. The lowest BCUT2D eigenvalue weighted by Crippen LogP contribution is -2.31. The number of benzene rings is 2. The van der Waals surface area contributed by atoms with Gasteiger partial charge in [-0.2, -0.15) is 0 Å². The number of carbonyl (C=O) groups is 1. The summed E-state index contributed by atoms with van der Waals surface area (Å²) in [6.07, 6.45) is 1.86. The van der Waals surface area contributed by atoms with Gasteiger partial charge in [-0.05, 0) is 62.7 Å². The maximum atomic E-state index is 10.9. The van der Waals surface area contributed by atoms with E-state index in [0.717, 1.165) is 21.9 Å². The van der Waals surface area contributed by atoms with Crippen LogP contribution in [0.3, 0.4) is 0 Å². The number of nitrogens with two attached hydrogens (primary N) is 1. The number of hydrogen-bond donors (Lipinski definition) is 2. The molecular formula is C21H23N3O3S. The molecule has 3 rings (SSSR count). The summed E-state index contributed by atoms with van der Waals surface area (Å²) in [6.45, 7) is 5.87. The van der Waals surface area contributed by atoms with Gasteiger partial charge in [0.05, 0.1) is 18.3 Å². The van der Waals surface area contributed by atoms with Crippen molar-refractivity contribution in [3.05, 3.63) is 60.3 Å². The van der Waals surface area contributed by atoms with E-state index < -0.39 is 6.03 Å². The number of carbonyl (C=O) groups excluding carboxylic acids is 1. The van der Waals surface area contributed by atoms with E-state index in [1.165, 1.54) is 11.3 Å². The molecule has 0 bridgehead atoms. The highest BCUT2D eigenvalue weighted by molar-refractivity contribution is 7.16. The zero-order valence-corrected chi connectivity index (χ0v) is 16.8. The third-order valence-electron chi connectivity index (χ3n) is 3.91. The first-order chi connectivity index (χ1) is 13.4. The van der Waals surface area contributed by atoms with Gasteiger partial charge in [-0.15, -0.1) is 0 Å². The molecule has 0 saturated heterocycles. The molecule has 2 aromatic carbocycles. The third kappa shape index (κ3) is 5.23. The largest absolute Gasteiger partial charge is 0.491 e. The molecule has 0 aliphatic rings. The SMILES string of the molecule is CC(C)Oc1ccc(-c2ncc(Oc3ccc(C(C)NC(N)=O)cc3)s2)cc1. The van der Waals surface area contributed by atoms with Crippen LogP contribution < -0.4 is 20.5 Å². The Morgan fingerprint density at radius 1 is 1.04 bits per heavy atom. The van der Waals surface area contributed by atoms with E-state index in [2.05, 4.69) is 10.3 Å².